The Morgan fingerprint density at radius 2 is 2.12 bits per heavy atom. The molecule has 0 spiro atoms. The minimum atomic E-state index is 0.382. The van der Waals surface area contributed by atoms with E-state index in [-0.39, 0.29) is 0 Å². The highest BCUT2D eigenvalue weighted by Gasteiger charge is 2.19. The van der Waals surface area contributed by atoms with E-state index >= 15 is 0 Å². The first kappa shape index (κ1) is 11.7. The molecule has 0 heterocycles. The molecule has 0 saturated heterocycles. The first-order valence-corrected chi connectivity index (χ1v) is 6.32. The number of ketones is 1. The van der Waals surface area contributed by atoms with Crippen molar-refractivity contribution in [1.82, 2.24) is 0 Å². The van der Waals surface area contributed by atoms with Gasteiger partial charge in [-0.05, 0) is 42.9 Å². The van der Waals surface area contributed by atoms with E-state index in [1.807, 2.05) is 19.1 Å². The Hall–Kier alpha value is -0.820. The summed E-state index contributed by atoms with van der Waals surface area (Å²) in [5.74, 6) is 0.785. The average Bonchev–Trinajstić information content (AvgIpc) is 2.47. The van der Waals surface area contributed by atoms with Crippen LogP contribution in [0.3, 0.4) is 0 Å². The Balaban J connectivity index is 2.21. The van der Waals surface area contributed by atoms with E-state index in [0.29, 0.717) is 18.1 Å². The second-order valence-electron chi connectivity index (χ2n) is 4.69. The van der Waals surface area contributed by atoms with Crippen LogP contribution in [0.5, 0.6) is 0 Å². The second-order valence-corrected chi connectivity index (χ2v) is 5.10. The largest absolute Gasteiger partial charge is 0.300 e. The molecule has 0 amide bonds. The van der Waals surface area contributed by atoms with Crippen molar-refractivity contribution in [2.75, 3.05) is 0 Å². The summed E-state index contributed by atoms with van der Waals surface area (Å²) >= 11 is 6.13. The first-order chi connectivity index (χ1) is 7.66. The zero-order valence-electron chi connectivity index (χ0n) is 9.63. The fourth-order valence-electron chi connectivity index (χ4n) is 2.34. The minimum Gasteiger partial charge on any atom is -0.300 e. The zero-order valence-corrected chi connectivity index (χ0v) is 10.4. The van der Waals surface area contributed by atoms with Crippen LogP contribution in [0.4, 0.5) is 0 Å². The summed E-state index contributed by atoms with van der Waals surface area (Å²) in [7, 11) is 0. The number of carbonyl (C=O) groups excluding carboxylic acids is 1. The van der Waals surface area contributed by atoms with Crippen LogP contribution in [0.25, 0.3) is 0 Å². The molecule has 86 valence electrons. The lowest BCUT2D eigenvalue weighted by Gasteiger charge is -2.14. The lowest BCUT2D eigenvalue weighted by molar-refractivity contribution is -0.119. The molecule has 1 atom stereocenters. The van der Waals surface area contributed by atoms with Gasteiger partial charge in [-0.3, -0.25) is 4.79 Å². The zero-order chi connectivity index (χ0) is 11.5. The van der Waals surface area contributed by atoms with Crippen molar-refractivity contribution in [3.8, 4) is 0 Å². The Kier molecular flexibility index (Phi) is 3.65. The number of aryl methyl sites for hydroxylation is 1. The third kappa shape index (κ3) is 2.65. The molecule has 0 radical (unpaired) electrons. The molecule has 1 aliphatic carbocycles. The van der Waals surface area contributed by atoms with Gasteiger partial charge in [0.1, 0.15) is 5.78 Å². The standard InChI is InChI=1S/C14H17ClO/c1-10-6-7-12(9-14(10)15)11-4-2-3-5-13(16)8-11/h6-7,9,11H,2-5,8H2,1H3. The highest BCUT2D eigenvalue weighted by Crippen LogP contribution is 2.32. The van der Waals surface area contributed by atoms with Gasteiger partial charge in [-0.15, -0.1) is 0 Å². The van der Waals surface area contributed by atoms with Crippen LogP contribution in [0.15, 0.2) is 18.2 Å². The number of hydrogen-bond acceptors (Lipinski definition) is 1. The number of halogens is 1. The molecule has 2 heteroatoms. The van der Waals surface area contributed by atoms with Gasteiger partial charge in [-0.2, -0.15) is 0 Å². The molecule has 1 saturated carbocycles. The molecule has 0 bridgehead atoms. The maximum Gasteiger partial charge on any atom is 0.133 e. The van der Waals surface area contributed by atoms with E-state index in [0.717, 1.165) is 36.3 Å². The van der Waals surface area contributed by atoms with Crippen LogP contribution < -0.4 is 0 Å². The molecule has 2 rings (SSSR count). The van der Waals surface area contributed by atoms with Gasteiger partial charge in [-0.1, -0.05) is 30.2 Å². The monoisotopic (exact) mass is 236 g/mol. The van der Waals surface area contributed by atoms with Crippen molar-refractivity contribution >= 4 is 17.4 Å². The average molecular weight is 237 g/mol. The van der Waals surface area contributed by atoms with Crippen molar-refractivity contribution in [1.29, 1.82) is 0 Å². The summed E-state index contributed by atoms with van der Waals surface area (Å²) in [5.41, 5.74) is 2.33. The Labute approximate surface area is 102 Å². The maximum absolute atomic E-state index is 11.6. The number of carbonyl (C=O) groups is 1. The Bertz CT molecular complexity index is 398. The van der Waals surface area contributed by atoms with Gasteiger partial charge in [0.05, 0.1) is 0 Å². The number of hydrogen-bond donors (Lipinski definition) is 0. The van der Waals surface area contributed by atoms with E-state index in [2.05, 4.69) is 6.07 Å². The van der Waals surface area contributed by atoms with Crippen LogP contribution >= 0.6 is 11.6 Å². The summed E-state index contributed by atoms with van der Waals surface area (Å²) in [6.07, 6.45) is 4.78. The fourth-order valence-corrected chi connectivity index (χ4v) is 2.53. The first-order valence-electron chi connectivity index (χ1n) is 5.94. The van der Waals surface area contributed by atoms with Gasteiger partial charge in [-0.25, -0.2) is 0 Å². The molecular formula is C14H17ClO. The van der Waals surface area contributed by atoms with Crippen LogP contribution in [0.1, 0.15) is 49.1 Å². The molecule has 1 unspecified atom stereocenters. The molecule has 1 fully saturated rings. The minimum absolute atomic E-state index is 0.382. The van der Waals surface area contributed by atoms with Gasteiger partial charge in [0.15, 0.2) is 0 Å². The number of rotatable bonds is 1. The predicted octanol–water partition coefficient (Wildman–Crippen LogP) is 4.27. The lowest BCUT2D eigenvalue weighted by atomic mass is 9.91. The quantitative estimate of drug-likeness (QED) is 0.666. The summed E-state index contributed by atoms with van der Waals surface area (Å²) in [5, 5.41) is 0.814. The van der Waals surface area contributed by atoms with Crippen molar-refractivity contribution < 1.29 is 4.79 Å². The van der Waals surface area contributed by atoms with Gasteiger partial charge in [0, 0.05) is 17.9 Å². The van der Waals surface area contributed by atoms with Crippen LogP contribution in [-0.2, 0) is 4.79 Å². The van der Waals surface area contributed by atoms with Crippen LogP contribution in [-0.4, -0.2) is 5.78 Å². The van der Waals surface area contributed by atoms with E-state index in [1.54, 1.807) is 0 Å². The second kappa shape index (κ2) is 5.01. The van der Waals surface area contributed by atoms with Gasteiger partial charge in [0.25, 0.3) is 0 Å². The molecule has 0 N–H and O–H groups in total. The molecule has 1 aliphatic rings. The molecule has 1 aromatic rings. The molecule has 1 aromatic carbocycles. The summed E-state index contributed by atoms with van der Waals surface area (Å²) in [6.45, 7) is 2.00. The summed E-state index contributed by atoms with van der Waals surface area (Å²) in [6, 6.07) is 6.19. The van der Waals surface area contributed by atoms with Crippen molar-refractivity contribution in [3.63, 3.8) is 0 Å². The molecular weight excluding hydrogens is 220 g/mol. The number of benzene rings is 1. The van der Waals surface area contributed by atoms with Gasteiger partial charge >= 0.3 is 0 Å². The predicted molar refractivity (Wildman–Crippen MR) is 67.0 cm³/mol. The van der Waals surface area contributed by atoms with Crippen molar-refractivity contribution in [2.45, 2.75) is 44.9 Å². The van der Waals surface area contributed by atoms with E-state index in [9.17, 15) is 4.79 Å². The lowest BCUT2D eigenvalue weighted by Crippen LogP contribution is -2.03. The van der Waals surface area contributed by atoms with Crippen molar-refractivity contribution in [2.24, 2.45) is 0 Å². The maximum atomic E-state index is 11.6. The fraction of sp³-hybridized carbons (Fsp3) is 0.500. The molecule has 0 aliphatic heterocycles. The SMILES string of the molecule is Cc1ccc(C2CCCCC(=O)C2)cc1Cl. The van der Waals surface area contributed by atoms with E-state index in [4.69, 9.17) is 11.6 Å². The van der Waals surface area contributed by atoms with Crippen LogP contribution in [0, 0.1) is 6.92 Å². The highest BCUT2D eigenvalue weighted by molar-refractivity contribution is 6.31. The molecule has 0 aromatic heterocycles. The third-order valence-electron chi connectivity index (χ3n) is 3.40. The topological polar surface area (TPSA) is 17.1 Å². The third-order valence-corrected chi connectivity index (χ3v) is 3.81. The number of Topliss-reactive ketones (excluding diaryl/α,β-unsaturated/α-hetero) is 1. The Morgan fingerprint density at radius 3 is 2.88 bits per heavy atom. The van der Waals surface area contributed by atoms with Crippen molar-refractivity contribution in [3.05, 3.63) is 34.3 Å². The smallest absolute Gasteiger partial charge is 0.133 e. The van der Waals surface area contributed by atoms with E-state index in [1.165, 1.54) is 5.56 Å². The summed E-state index contributed by atoms with van der Waals surface area (Å²) < 4.78 is 0. The van der Waals surface area contributed by atoms with Gasteiger partial charge in [0.2, 0.25) is 0 Å². The molecule has 1 nitrogen and oxygen atoms in total. The van der Waals surface area contributed by atoms with Gasteiger partial charge < -0.3 is 0 Å². The van der Waals surface area contributed by atoms with Crippen LogP contribution in [0.2, 0.25) is 5.02 Å². The van der Waals surface area contributed by atoms with E-state index < -0.39 is 0 Å². The Morgan fingerprint density at radius 1 is 1.31 bits per heavy atom. The molecule has 16 heavy (non-hydrogen) atoms. The normalized spacial score (nSPS) is 21.9. The summed E-state index contributed by atoms with van der Waals surface area (Å²) in [4.78, 5) is 11.6. The highest BCUT2D eigenvalue weighted by atomic mass is 35.5.